The van der Waals surface area contributed by atoms with Crippen molar-refractivity contribution in [1.82, 2.24) is 0 Å². The summed E-state index contributed by atoms with van der Waals surface area (Å²) >= 11 is 3.54. The van der Waals surface area contributed by atoms with Crippen molar-refractivity contribution in [2.75, 3.05) is 7.11 Å². The molecule has 98 valence electrons. The van der Waals surface area contributed by atoms with Crippen LogP contribution in [0.4, 0.5) is 0 Å². The number of ether oxygens (including phenoxy) is 1. The Morgan fingerprint density at radius 1 is 1.32 bits per heavy atom. The number of esters is 1. The Kier molecular flexibility index (Phi) is 3.09. The molecular weight excluding hydrogens is 304 g/mol. The van der Waals surface area contributed by atoms with E-state index in [4.69, 9.17) is 4.74 Å². The van der Waals surface area contributed by atoms with E-state index in [2.05, 4.69) is 41.1 Å². The number of fused-ring (bicyclic) bond motifs is 1. The molecule has 0 saturated heterocycles. The van der Waals surface area contributed by atoms with Gasteiger partial charge < -0.3 is 4.74 Å². The number of carbonyl (C=O) groups is 1. The summed E-state index contributed by atoms with van der Waals surface area (Å²) < 4.78 is 5.63. The Morgan fingerprint density at radius 3 is 2.63 bits per heavy atom. The number of carbonyl (C=O) groups excluding carboxylic acids is 1. The zero-order chi connectivity index (χ0) is 13.6. The minimum atomic E-state index is -0.307. The van der Waals surface area contributed by atoms with Gasteiger partial charge in [0.05, 0.1) is 12.7 Å². The van der Waals surface area contributed by atoms with E-state index in [1.807, 2.05) is 6.07 Å². The molecule has 1 fully saturated rings. The quantitative estimate of drug-likeness (QED) is 0.761. The lowest BCUT2D eigenvalue weighted by Gasteiger charge is -2.08. The van der Waals surface area contributed by atoms with Crippen LogP contribution in [0.25, 0.3) is 10.8 Å². The van der Waals surface area contributed by atoms with Crippen LogP contribution in [0, 0.1) is 5.92 Å². The van der Waals surface area contributed by atoms with Crippen molar-refractivity contribution >= 4 is 32.7 Å². The van der Waals surface area contributed by atoms with E-state index >= 15 is 0 Å². The van der Waals surface area contributed by atoms with E-state index in [1.54, 1.807) is 6.07 Å². The first-order chi connectivity index (χ1) is 9.11. The number of methoxy groups -OCH3 is 1. The first kappa shape index (κ1) is 12.7. The van der Waals surface area contributed by atoms with Crippen molar-refractivity contribution in [3.8, 4) is 0 Å². The monoisotopic (exact) mass is 318 g/mol. The number of rotatable bonds is 2. The van der Waals surface area contributed by atoms with E-state index in [0.29, 0.717) is 11.5 Å². The highest BCUT2D eigenvalue weighted by molar-refractivity contribution is 9.10. The molecule has 0 amide bonds. The highest BCUT2D eigenvalue weighted by Gasteiger charge is 2.34. The Morgan fingerprint density at radius 2 is 2.00 bits per heavy atom. The minimum Gasteiger partial charge on any atom is -0.465 e. The molecule has 0 heterocycles. The molecule has 0 N–H and O–H groups in total. The largest absolute Gasteiger partial charge is 0.465 e. The summed E-state index contributed by atoms with van der Waals surface area (Å²) in [5.41, 5.74) is 1.94. The zero-order valence-electron chi connectivity index (χ0n) is 10.9. The van der Waals surface area contributed by atoms with Crippen molar-refractivity contribution in [2.45, 2.75) is 19.3 Å². The zero-order valence-corrected chi connectivity index (χ0v) is 12.5. The summed E-state index contributed by atoms with van der Waals surface area (Å²) in [5, 5.41) is 2.22. The Hall–Kier alpha value is -1.35. The molecule has 3 rings (SSSR count). The lowest BCUT2D eigenvalue weighted by atomic mass is 10.0. The van der Waals surface area contributed by atoms with Gasteiger partial charge in [-0.05, 0) is 62.7 Å². The topological polar surface area (TPSA) is 26.3 Å². The van der Waals surface area contributed by atoms with Crippen molar-refractivity contribution in [3.63, 3.8) is 0 Å². The molecular formula is C16H15BrO2. The predicted molar refractivity (Wildman–Crippen MR) is 79.5 cm³/mol. The van der Waals surface area contributed by atoms with E-state index in [9.17, 15) is 4.79 Å². The summed E-state index contributed by atoms with van der Waals surface area (Å²) in [4.78, 5) is 11.7. The fraction of sp³-hybridized carbons (Fsp3) is 0.312. The molecule has 2 aromatic rings. The fourth-order valence-corrected chi connectivity index (χ4v) is 3.22. The van der Waals surface area contributed by atoms with Gasteiger partial charge in [-0.25, -0.2) is 4.79 Å². The van der Waals surface area contributed by atoms with Gasteiger partial charge >= 0.3 is 5.97 Å². The molecule has 0 radical (unpaired) electrons. The molecule has 1 saturated carbocycles. The number of hydrogen-bond donors (Lipinski definition) is 0. The van der Waals surface area contributed by atoms with Gasteiger partial charge in [0.15, 0.2) is 0 Å². The van der Waals surface area contributed by atoms with Crippen LogP contribution in [0.15, 0.2) is 34.8 Å². The van der Waals surface area contributed by atoms with Crippen LogP contribution in [-0.2, 0) is 4.74 Å². The lowest BCUT2D eigenvalue weighted by Crippen LogP contribution is -2.02. The van der Waals surface area contributed by atoms with Crippen LogP contribution >= 0.6 is 15.9 Å². The van der Waals surface area contributed by atoms with Gasteiger partial charge in [0, 0.05) is 4.47 Å². The predicted octanol–water partition coefficient (Wildman–Crippen LogP) is 4.51. The van der Waals surface area contributed by atoms with Crippen LogP contribution in [0.5, 0.6) is 0 Å². The summed E-state index contributed by atoms with van der Waals surface area (Å²) in [7, 11) is 1.40. The van der Waals surface area contributed by atoms with Gasteiger partial charge in [0.2, 0.25) is 0 Å². The van der Waals surface area contributed by atoms with E-state index in [1.165, 1.54) is 19.1 Å². The molecule has 1 aliphatic carbocycles. The van der Waals surface area contributed by atoms with Gasteiger partial charge in [-0.15, -0.1) is 0 Å². The van der Waals surface area contributed by atoms with Crippen LogP contribution in [0.3, 0.4) is 0 Å². The molecule has 1 aliphatic rings. The van der Waals surface area contributed by atoms with Crippen molar-refractivity contribution < 1.29 is 9.53 Å². The molecule has 2 atom stereocenters. The third kappa shape index (κ3) is 2.16. The van der Waals surface area contributed by atoms with Gasteiger partial charge in [-0.2, -0.15) is 0 Å². The average molecular weight is 319 g/mol. The lowest BCUT2D eigenvalue weighted by molar-refractivity contribution is 0.0600. The number of halogens is 1. The first-order valence-electron chi connectivity index (χ1n) is 6.42. The van der Waals surface area contributed by atoms with Crippen LogP contribution in [-0.4, -0.2) is 13.1 Å². The molecule has 2 aromatic carbocycles. The van der Waals surface area contributed by atoms with E-state index in [-0.39, 0.29) is 5.97 Å². The maximum atomic E-state index is 11.7. The van der Waals surface area contributed by atoms with Crippen LogP contribution in [0.2, 0.25) is 0 Å². The highest BCUT2D eigenvalue weighted by Crippen LogP contribution is 2.47. The van der Waals surface area contributed by atoms with Gasteiger partial charge in [0.1, 0.15) is 0 Å². The minimum absolute atomic E-state index is 0.307. The summed E-state index contributed by atoms with van der Waals surface area (Å²) in [6.07, 6.45) is 1.26. The summed E-state index contributed by atoms with van der Waals surface area (Å²) in [5.74, 6) is 1.15. The molecule has 19 heavy (non-hydrogen) atoms. The average Bonchev–Trinajstić information content (AvgIpc) is 3.15. The summed E-state index contributed by atoms with van der Waals surface area (Å²) in [6.45, 7) is 2.27. The van der Waals surface area contributed by atoms with Crippen LogP contribution in [0.1, 0.15) is 35.2 Å². The molecule has 1 unspecified atom stereocenters. The van der Waals surface area contributed by atoms with Crippen molar-refractivity contribution in [3.05, 3.63) is 45.9 Å². The van der Waals surface area contributed by atoms with Gasteiger partial charge in [-0.3, -0.25) is 0 Å². The maximum absolute atomic E-state index is 11.7. The number of benzene rings is 2. The molecule has 0 aromatic heterocycles. The smallest absolute Gasteiger partial charge is 0.339 e. The first-order valence-corrected chi connectivity index (χ1v) is 7.21. The molecule has 0 spiro atoms. The Bertz CT molecular complexity index is 663. The highest BCUT2D eigenvalue weighted by atomic mass is 79.9. The van der Waals surface area contributed by atoms with Crippen molar-refractivity contribution in [1.29, 1.82) is 0 Å². The molecule has 0 aliphatic heterocycles. The second-order valence-electron chi connectivity index (χ2n) is 5.22. The van der Waals surface area contributed by atoms with Crippen LogP contribution < -0.4 is 0 Å². The fourth-order valence-electron chi connectivity index (χ4n) is 2.59. The third-order valence-electron chi connectivity index (χ3n) is 3.92. The third-order valence-corrected chi connectivity index (χ3v) is 4.78. The van der Waals surface area contributed by atoms with Gasteiger partial charge in [-0.1, -0.05) is 25.1 Å². The summed E-state index contributed by atoms with van der Waals surface area (Å²) in [6, 6.07) is 10.3. The van der Waals surface area contributed by atoms with Gasteiger partial charge in [0.25, 0.3) is 0 Å². The molecule has 0 bridgehead atoms. The maximum Gasteiger partial charge on any atom is 0.339 e. The normalized spacial score (nSPS) is 21.4. The molecule has 2 nitrogen and oxygen atoms in total. The van der Waals surface area contributed by atoms with E-state index in [0.717, 1.165) is 21.2 Å². The Labute approximate surface area is 120 Å². The number of hydrogen-bond acceptors (Lipinski definition) is 2. The van der Waals surface area contributed by atoms with E-state index < -0.39 is 0 Å². The second-order valence-corrected chi connectivity index (χ2v) is 6.01. The Balaban J connectivity index is 2.14. The standard InChI is InChI=1S/C16H15BrO2/c1-9-7-13(9)11-4-3-10-5-6-12(16(18)19-2)15(17)14(10)8-11/h3-6,8-9,13H,7H2,1-2H3/t9?,13-/m0/s1. The van der Waals surface area contributed by atoms with Crippen molar-refractivity contribution in [2.24, 2.45) is 5.92 Å². The molecule has 3 heteroatoms. The second kappa shape index (κ2) is 4.64. The SMILES string of the molecule is COC(=O)c1ccc2ccc([C@H]3CC3C)cc2c1Br.